The largest absolute Gasteiger partial charge is 0.495 e. The first-order valence-corrected chi connectivity index (χ1v) is 6.78. The van der Waals surface area contributed by atoms with Gasteiger partial charge >= 0.3 is 0 Å². The molecule has 0 aliphatic rings. The van der Waals surface area contributed by atoms with Gasteiger partial charge in [0.05, 0.1) is 12.8 Å². The fourth-order valence-electron chi connectivity index (χ4n) is 2.02. The highest BCUT2D eigenvalue weighted by Gasteiger charge is 2.10. The molecule has 0 saturated heterocycles. The van der Waals surface area contributed by atoms with Crippen LogP contribution in [0.5, 0.6) is 5.75 Å². The zero-order valence-corrected chi connectivity index (χ0v) is 12.3. The number of anilines is 2. The van der Waals surface area contributed by atoms with Crippen molar-refractivity contribution in [1.29, 1.82) is 0 Å². The van der Waals surface area contributed by atoms with E-state index in [0.717, 1.165) is 30.3 Å². The second kappa shape index (κ2) is 6.91. The summed E-state index contributed by atoms with van der Waals surface area (Å²) in [6.45, 7) is 3.91. The number of benzene rings is 1. The average Bonchev–Trinajstić information content (AvgIpc) is 2.52. The highest BCUT2D eigenvalue weighted by molar-refractivity contribution is 5.66. The van der Waals surface area contributed by atoms with Gasteiger partial charge in [0.15, 0.2) is 0 Å². The monoisotopic (exact) mass is 271 g/mol. The van der Waals surface area contributed by atoms with Crippen molar-refractivity contribution >= 4 is 11.5 Å². The third-order valence-electron chi connectivity index (χ3n) is 3.18. The van der Waals surface area contributed by atoms with Gasteiger partial charge in [0.25, 0.3) is 0 Å². The number of methoxy groups -OCH3 is 1. The zero-order valence-electron chi connectivity index (χ0n) is 12.3. The lowest BCUT2D eigenvalue weighted by molar-refractivity contribution is 0.415. The fraction of sp³-hybridized carbons (Fsp3) is 0.312. The lowest BCUT2D eigenvalue weighted by atomic mass is 10.2. The number of hydrogen-bond acceptors (Lipinski definition) is 4. The molecule has 1 aromatic heterocycles. The van der Waals surface area contributed by atoms with Gasteiger partial charge in [-0.15, -0.1) is 0 Å². The van der Waals surface area contributed by atoms with E-state index in [0.29, 0.717) is 0 Å². The van der Waals surface area contributed by atoms with Crippen LogP contribution in [0.15, 0.2) is 42.6 Å². The summed E-state index contributed by atoms with van der Waals surface area (Å²) in [5, 5.41) is 3.29. The molecule has 1 aromatic carbocycles. The van der Waals surface area contributed by atoms with E-state index in [2.05, 4.69) is 23.3 Å². The van der Waals surface area contributed by atoms with Crippen molar-refractivity contribution in [3.63, 3.8) is 0 Å². The zero-order chi connectivity index (χ0) is 14.4. The number of aromatic nitrogens is 1. The fourth-order valence-corrected chi connectivity index (χ4v) is 2.02. The first-order chi connectivity index (χ1) is 9.76. The maximum Gasteiger partial charge on any atom is 0.142 e. The van der Waals surface area contributed by atoms with Crippen LogP contribution in [0.2, 0.25) is 0 Å². The van der Waals surface area contributed by atoms with E-state index in [4.69, 9.17) is 4.74 Å². The number of ether oxygens (including phenoxy) is 1. The third kappa shape index (κ3) is 3.27. The van der Waals surface area contributed by atoms with E-state index in [1.165, 1.54) is 5.56 Å². The molecule has 2 rings (SSSR count). The van der Waals surface area contributed by atoms with Crippen LogP contribution in [0.25, 0.3) is 0 Å². The molecule has 0 saturated carbocycles. The number of nitrogens with zero attached hydrogens (tertiary/aromatic N) is 2. The lowest BCUT2D eigenvalue weighted by Crippen LogP contribution is -2.14. The Hall–Kier alpha value is -2.07. The van der Waals surface area contributed by atoms with Crippen LogP contribution in [0, 0.1) is 0 Å². The van der Waals surface area contributed by atoms with Gasteiger partial charge in [0.2, 0.25) is 0 Å². The molecular formula is C16H21N3O. The van der Waals surface area contributed by atoms with E-state index in [1.807, 2.05) is 48.5 Å². The second-order valence-electron chi connectivity index (χ2n) is 4.54. The molecule has 0 atom stereocenters. The second-order valence-corrected chi connectivity index (χ2v) is 4.54. The standard InChI is InChI=1S/C16H21N3O/c1-4-17-11-13-9-10-16(18-12-13)19(2)14-7-5-6-8-15(14)20-3/h5-10,12,17H,4,11H2,1-3H3. The minimum absolute atomic E-state index is 0.841. The molecular weight excluding hydrogens is 250 g/mol. The molecule has 0 spiro atoms. The molecule has 20 heavy (non-hydrogen) atoms. The molecule has 0 bridgehead atoms. The summed E-state index contributed by atoms with van der Waals surface area (Å²) < 4.78 is 5.39. The van der Waals surface area contributed by atoms with Crippen molar-refractivity contribution < 1.29 is 4.74 Å². The van der Waals surface area contributed by atoms with Crippen LogP contribution in [-0.2, 0) is 6.54 Å². The summed E-state index contributed by atoms with van der Waals surface area (Å²) in [6.07, 6.45) is 1.91. The van der Waals surface area contributed by atoms with Crippen molar-refractivity contribution in [3.05, 3.63) is 48.2 Å². The number of nitrogens with one attached hydrogen (secondary N) is 1. The quantitative estimate of drug-likeness (QED) is 0.876. The van der Waals surface area contributed by atoms with E-state index in [9.17, 15) is 0 Å². The van der Waals surface area contributed by atoms with Gasteiger partial charge in [-0.3, -0.25) is 0 Å². The van der Waals surface area contributed by atoms with Crippen LogP contribution < -0.4 is 15.0 Å². The number of hydrogen-bond donors (Lipinski definition) is 1. The van der Waals surface area contributed by atoms with Gasteiger partial charge in [-0.25, -0.2) is 4.98 Å². The third-order valence-corrected chi connectivity index (χ3v) is 3.18. The van der Waals surface area contributed by atoms with Gasteiger partial charge < -0.3 is 15.0 Å². The Morgan fingerprint density at radius 1 is 1.20 bits per heavy atom. The minimum atomic E-state index is 0.841. The number of pyridine rings is 1. The normalized spacial score (nSPS) is 10.3. The SMILES string of the molecule is CCNCc1ccc(N(C)c2ccccc2OC)nc1. The topological polar surface area (TPSA) is 37.4 Å². The first-order valence-electron chi connectivity index (χ1n) is 6.78. The molecule has 2 aromatic rings. The van der Waals surface area contributed by atoms with Crippen LogP contribution >= 0.6 is 0 Å². The molecule has 106 valence electrons. The number of rotatable bonds is 6. The predicted octanol–water partition coefficient (Wildman–Crippen LogP) is 2.97. The van der Waals surface area contributed by atoms with Crippen LogP contribution in [-0.4, -0.2) is 25.7 Å². The molecule has 0 amide bonds. The molecule has 0 fully saturated rings. The van der Waals surface area contributed by atoms with Gasteiger partial charge in [0, 0.05) is 19.8 Å². The van der Waals surface area contributed by atoms with Gasteiger partial charge in [-0.2, -0.15) is 0 Å². The van der Waals surface area contributed by atoms with Crippen LogP contribution in [0.4, 0.5) is 11.5 Å². The highest BCUT2D eigenvalue weighted by atomic mass is 16.5. The smallest absolute Gasteiger partial charge is 0.142 e. The van der Waals surface area contributed by atoms with E-state index < -0.39 is 0 Å². The molecule has 0 unspecified atom stereocenters. The molecule has 0 radical (unpaired) electrons. The maximum atomic E-state index is 5.39. The molecule has 4 nitrogen and oxygen atoms in total. The summed E-state index contributed by atoms with van der Waals surface area (Å²) in [4.78, 5) is 6.54. The van der Waals surface area contributed by atoms with Gasteiger partial charge in [0.1, 0.15) is 11.6 Å². The summed E-state index contributed by atoms with van der Waals surface area (Å²) in [5.41, 5.74) is 2.19. The Bertz CT molecular complexity index is 540. The molecule has 0 aliphatic heterocycles. The van der Waals surface area contributed by atoms with E-state index in [-0.39, 0.29) is 0 Å². The van der Waals surface area contributed by atoms with Crippen LogP contribution in [0.1, 0.15) is 12.5 Å². The van der Waals surface area contributed by atoms with E-state index >= 15 is 0 Å². The molecule has 0 aliphatic carbocycles. The Morgan fingerprint density at radius 3 is 2.65 bits per heavy atom. The lowest BCUT2D eigenvalue weighted by Gasteiger charge is -2.20. The highest BCUT2D eigenvalue weighted by Crippen LogP contribution is 2.30. The van der Waals surface area contributed by atoms with Crippen LogP contribution in [0.3, 0.4) is 0 Å². The Labute approximate surface area is 120 Å². The Balaban J connectivity index is 2.18. The van der Waals surface area contributed by atoms with Crippen molar-refractivity contribution in [3.8, 4) is 5.75 Å². The van der Waals surface area contributed by atoms with Crippen molar-refractivity contribution in [2.75, 3.05) is 25.6 Å². The van der Waals surface area contributed by atoms with Crippen molar-refractivity contribution in [1.82, 2.24) is 10.3 Å². The number of para-hydroxylation sites is 2. The summed E-state index contributed by atoms with van der Waals surface area (Å²) >= 11 is 0. The Kier molecular flexibility index (Phi) is 4.96. The maximum absolute atomic E-state index is 5.39. The molecule has 1 heterocycles. The first kappa shape index (κ1) is 14.3. The molecule has 4 heteroatoms. The summed E-state index contributed by atoms with van der Waals surface area (Å²) in [6, 6.07) is 12.0. The van der Waals surface area contributed by atoms with Crippen molar-refractivity contribution in [2.45, 2.75) is 13.5 Å². The molecule has 1 N–H and O–H groups in total. The predicted molar refractivity (Wildman–Crippen MR) is 82.7 cm³/mol. The minimum Gasteiger partial charge on any atom is -0.495 e. The van der Waals surface area contributed by atoms with Gasteiger partial charge in [-0.1, -0.05) is 25.1 Å². The van der Waals surface area contributed by atoms with Crippen molar-refractivity contribution in [2.24, 2.45) is 0 Å². The van der Waals surface area contributed by atoms with E-state index in [1.54, 1.807) is 7.11 Å². The summed E-state index contributed by atoms with van der Waals surface area (Å²) in [5.74, 6) is 1.74. The summed E-state index contributed by atoms with van der Waals surface area (Å²) in [7, 11) is 3.67. The average molecular weight is 271 g/mol. The Morgan fingerprint density at radius 2 is 2.00 bits per heavy atom. The van der Waals surface area contributed by atoms with Gasteiger partial charge in [-0.05, 0) is 30.3 Å².